The van der Waals surface area contributed by atoms with Gasteiger partial charge in [0.05, 0.1) is 9.40 Å². The molecular weight excluding hydrogens is 422 g/mol. The number of aromatic hydroxyl groups is 2. The molecule has 30 heavy (non-hydrogen) atoms. The third-order valence-corrected chi connectivity index (χ3v) is 7.66. The second-order valence-electron chi connectivity index (χ2n) is 7.32. The maximum Gasteiger partial charge on any atom is 0.142 e. The molecule has 0 bridgehead atoms. The average Bonchev–Trinajstić information content (AvgIpc) is 3.32. The minimum Gasteiger partial charge on any atom is -0.506 e. The van der Waals surface area contributed by atoms with Crippen LogP contribution in [0.2, 0.25) is 0 Å². The Hall–Kier alpha value is -2.96. The Labute approximate surface area is 179 Å². The van der Waals surface area contributed by atoms with Crippen LogP contribution in [0.3, 0.4) is 0 Å². The zero-order valence-corrected chi connectivity index (χ0v) is 17.7. The molecule has 0 unspecified atom stereocenters. The van der Waals surface area contributed by atoms with Crippen molar-refractivity contribution in [2.24, 2.45) is 0 Å². The molecule has 0 aliphatic heterocycles. The Morgan fingerprint density at radius 3 is 1.40 bits per heavy atom. The van der Waals surface area contributed by atoms with Crippen molar-refractivity contribution in [3.63, 3.8) is 0 Å². The topological polar surface area (TPSA) is 40.5 Å². The average molecular weight is 439 g/mol. The predicted octanol–water partition coefficient (Wildman–Crippen LogP) is 7.76. The highest BCUT2D eigenvalue weighted by atomic mass is 32.1. The minimum atomic E-state index is -0.299. The summed E-state index contributed by atoms with van der Waals surface area (Å²) in [6, 6.07) is 12.8. The molecule has 0 aliphatic rings. The zero-order valence-electron chi connectivity index (χ0n) is 16.1. The monoisotopic (exact) mass is 438 g/mol. The van der Waals surface area contributed by atoms with Gasteiger partial charge in [0, 0.05) is 20.5 Å². The SMILES string of the molecule is Cc1cc(F)ccc1-c1cc2c(O)c3sc(-c4ccc(F)cc4C)cc3c(O)c2s1. The van der Waals surface area contributed by atoms with Crippen molar-refractivity contribution in [2.45, 2.75) is 13.8 Å². The van der Waals surface area contributed by atoms with Crippen molar-refractivity contribution in [3.05, 3.63) is 71.3 Å². The first-order valence-corrected chi connectivity index (χ1v) is 10.9. The first kappa shape index (κ1) is 19.0. The fraction of sp³-hybridized carbons (Fsp3) is 0.0833. The Balaban J connectivity index is 1.73. The van der Waals surface area contributed by atoms with Crippen LogP contribution in [0.25, 0.3) is 41.1 Å². The van der Waals surface area contributed by atoms with Crippen molar-refractivity contribution in [2.75, 3.05) is 0 Å². The molecule has 0 atom stereocenters. The van der Waals surface area contributed by atoms with Gasteiger partial charge in [0.15, 0.2) is 0 Å². The zero-order chi connectivity index (χ0) is 21.2. The van der Waals surface area contributed by atoms with Gasteiger partial charge in [-0.3, -0.25) is 0 Å². The lowest BCUT2D eigenvalue weighted by molar-refractivity contribution is 0.480. The molecule has 2 aromatic heterocycles. The largest absolute Gasteiger partial charge is 0.506 e. The highest BCUT2D eigenvalue weighted by Crippen LogP contribution is 2.51. The molecule has 0 radical (unpaired) electrons. The van der Waals surface area contributed by atoms with Crippen molar-refractivity contribution in [1.29, 1.82) is 0 Å². The number of phenols is 2. The molecule has 0 aliphatic carbocycles. The fourth-order valence-electron chi connectivity index (χ4n) is 3.80. The summed E-state index contributed by atoms with van der Waals surface area (Å²) in [6.07, 6.45) is 0. The Kier molecular flexibility index (Phi) is 4.31. The molecule has 6 heteroatoms. The van der Waals surface area contributed by atoms with E-state index in [4.69, 9.17) is 0 Å². The normalized spacial score (nSPS) is 11.6. The van der Waals surface area contributed by atoms with Gasteiger partial charge in [0.1, 0.15) is 23.1 Å². The van der Waals surface area contributed by atoms with Crippen LogP contribution in [0, 0.1) is 25.5 Å². The van der Waals surface area contributed by atoms with Crippen LogP contribution in [0.1, 0.15) is 11.1 Å². The van der Waals surface area contributed by atoms with Gasteiger partial charge in [-0.15, -0.1) is 22.7 Å². The van der Waals surface area contributed by atoms with Crippen molar-refractivity contribution < 1.29 is 19.0 Å². The van der Waals surface area contributed by atoms with Gasteiger partial charge in [-0.25, -0.2) is 8.78 Å². The lowest BCUT2D eigenvalue weighted by Gasteiger charge is -2.02. The standard InChI is InChI=1S/C24H16F2O2S2/c1-11-7-13(25)3-5-15(11)19-9-17-21(27)24-18(22(28)23(17)29-19)10-20(30-24)16-6-4-14(26)8-12(16)2/h3-10,27-28H,1-2H3. The molecule has 2 heterocycles. The molecule has 0 fully saturated rings. The van der Waals surface area contributed by atoms with Crippen molar-refractivity contribution >= 4 is 42.8 Å². The van der Waals surface area contributed by atoms with E-state index in [1.165, 1.54) is 46.9 Å². The number of thiophene rings is 2. The van der Waals surface area contributed by atoms with E-state index < -0.39 is 0 Å². The van der Waals surface area contributed by atoms with Crippen molar-refractivity contribution in [3.8, 4) is 32.4 Å². The van der Waals surface area contributed by atoms with Crippen LogP contribution < -0.4 is 0 Å². The summed E-state index contributed by atoms with van der Waals surface area (Å²) < 4.78 is 28.1. The second kappa shape index (κ2) is 6.79. The number of benzene rings is 3. The van der Waals surface area contributed by atoms with Gasteiger partial charge in [-0.2, -0.15) is 0 Å². The highest BCUT2D eigenvalue weighted by Gasteiger charge is 2.20. The van der Waals surface area contributed by atoms with E-state index in [1.807, 2.05) is 26.0 Å². The van der Waals surface area contributed by atoms with Gasteiger partial charge in [0.2, 0.25) is 0 Å². The molecular formula is C24H16F2O2S2. The van der Waals surface area contributed by atoms with Crippen LogP contribution >= 0.6 is 22.7 Å². The highest BCUT2D eigenvalue weighted by molar-refractivity contribution is 7.24. The van der Waals surface area contributed by atoms with E-state index in [9.17, 15) is 19.0 Å². The quantitative estimate of drug-likeness (QED) is 0.277. The molecule has 150 valence electrons. The van der Waals surface area contributed by atoms with Crippen LogP contribution in [0.4, 0.5) is 8.78 Å². The number of fused-ring (bicyclic) bond motifs is 2. The summed E-state index contributed by atoms with van der Waals surface area (Å²) in [5, 5.41) is 23.1. The predicted molar refractivity (Wildman–Crippen MR) is 121 cm³/mol. The maximum atomic E-state index is 13.5. The third-order valence-electron chi connectivity index (χ3n) is 5.31. The van der Waals surface area contributed by atoms with E-state index in [0.717, 1.165) is 32.0 Å². The molecule has 0 spiro atoms. The van der Waals surface area contributed by atoms with Gasteiger partial charge in [-0.05, 0) is 72.5 Å². The van der Waals surface area contributed by atoms with Gasteiger partial charge >= 0.3 is 0 Å². The van der Waals surface area contributed by atoms with Crippen LogP contribution in [0.15, 0.2) is 48.5 Å². The van der Waals surface area contributed by atoms with E-state index in [2.05, 4.69) is 0 Å². The van der Waals surface area contributed by atoms with E-state index >= 15 is 0 Å². The molecule has 2 N–H and O–H groups in total. The molecule has 0 saturated heterocycles. The number of rotatable bonds is 2. The Morgan fingerprint density at radius 1 is 0.633 bits per heavy atom. The number of aryl methyl sites for hydroxylation is 2. The fourth-order valence-corrected chi connectivity index (χ4v) is 6.22. The van der Waals surface area contributed by atoms with Crippen molar-refractivity contribution in [1.82, 2.24) is 0 Å². The number of hydrogen-bond acceptors (Lipinski definition) is 4. The van der Waals surface area contributed by atoms with Gasteiger partial charge in [-0.1, -0.05) is 12.1 Å². The molecule has 0 amide bonds. The molecule has 5 rings (SSSR count). The molecule has 2 nitrogen and oxygen atoms in total. The number of phenolic OH excluding ortho intramolecular Hbond substituents is 2. The maximum absolute atomic E-state index is 13.5. The number of hydrogen-bond donors (Lipinski definition) is 2. The lowest BCUT2D eigenvalue weighted by atomic mass is 10.1. The van der Waals surface area contributed by atoms with E-state index in [0.29, 0.717) is 20.2 Å². The summed E-state index contributed by atoms with van der Waals surface area (Å²) in [5.41, 5.74) is 3.30. The summed E-state index contributed by atoms with van der Waals surface area (Å²) in [7, 11) is 0. The van der Waals surface area contributed by atoms with E-state index in [-0.39, 0.29) is 23.1 Å². The Morgan fingerprint density at radius 2 is 1.03 bits per heavy atom. The molecule has 5 aromatic rings. The lowest BCUT2D eigenvalue weighted by Crippen LogP contribution is -1.82. The summed E-state index contributed by atoms with van der Waals surface area (Å²) in [5.74, 6) is -0.383. The smallest absolute Gasteiger partial charge is 0.142 e. The Bertz CT molecular complexity index is 1300. The van der Waals surface area contributed by atoms with Gasteiger partial charge < -0.3 is 10.2 Å². The van der Waals surface area contributed by atoms with Crippen LogP contribution in [-0.4, -0.2) is 10.2 Å². The van der Waals surface area contributed by atoms with Crippen LogP contribution in [-0.2, 0) is 0 Å². The second-order valence-corrected chi connectivity index (χ2v) is 9.43. The summed E-state index contributed by atoms with van der Waals surface area (Å²) in [6.45, 7) is 3.66. The minimum absolute atomic E-state index is 0.107. The molecule has 3 aromatic carbocycles. The first-order valence-electron chi connectivity index (χ1n) is 9.27. The number of halogens is 2. The van der Waals surface area contributed by atoms with E-state index in [1.54, 1.807) is 12.1 Å². The third kappa shape index (κ3) is 2.87. The summed E-state index contributed by atoms with van der Waals surface area (Å²) in [4.78, 5) is 1.70. The van der Waals surface area contributed by atoms with Gasteiger partial charge in [0.25, 0.3) is 0 Å². The first-order chi connectivity index (χ1) is 14.3. The molecule has 0 saturated carbocycles. The summed E-state index contributed by atoms with van der Waals surface area (Å²) >= 11 is 2.72. The van der Waals surface area contributed by atoms with Crippen LogP contribution in [0.5, 0.6) is 11.5 Å².